The zero-order chi connectivity index (χ0) is 21.8. The van der Waals surface area contributed by atoms with Crippen LogP contribution in [-0.4, -0.2) is 36.7 Å². The SMILES string of the molecule is Cc1noc(C)c1COc1ccccc1C(=O)OCC(=O)c1ccc2c(c1)OCCO2. The smallest absolute Gasteiger partial charge is 0.342 e. The van der Waals surface area contributed by atoms with Gasteiger partial charge in [0, 0.05) is 5.56 Å². The molecule has 0 bridgehead atoms. The lowest BCUT2D eigenvalue weighted by Gasteiger charge is -2.18. The molecule has 0 saturated heterocycles. The Morgan fingerprint density at radius 3 is 2.58 bits per heavy atom. The van der Waals surface area contributed by atoms with Crippen molar-refractivity contribution in [2.24, 2.45) is 0 Å². The van der Waals surface area contributed by atoms with E-state index >= 15 is 0 Å². The Bertz CT molecular complexity index is 1100. The minimum atomic E-state index is -0.653. The molecule has 4 rings (SSSR count). The summed E-state index contributed by atoms with van der Waals surface area (Å²) >= 11 is 0. The summed E-state index contributed by atoms with van der Waals surface area (Å²) in [7, 11) is 0. The van der Waals surface area contributed by atoms with Crippen molar-refractivity contribution >= 4 is 11.8 Å². The van der Waals surface area contributed by atoms with Crippen LogP contribution >= 0.6 is 0 Å². The van der Waals surface area contributed by atoms with Crippen LogP contribution < -0.4 is 14.2 Å². The first-order chi connectivity index (χ1) is 15.0. The van der Waals surface area contributed by atoms with Crippen molar-refractivity contribution in [1.82, 2.24) is 5.16 Å². The molecule has 0 N–H and O–H groups in total. The molecule has 0 unspecified atom stereocenters. The summed E-state index contributed by atoms with van der Waals surface area (Å²) in [6, 6.07) is 11.6. The zero-order valence-electron chi connectivity index (χ0n) is 17.2. The number of carbonyl (C=O) groups is 2. The molecule has 0 fully saturated rings. The molecular weight excluding hydrogens is 402 g/mol. The van der Waals surface area contributed by atoms with Crippen molar-refractivity contribution < 1.29 is 33.1 Å². The molecule has 8 nitrogen and oxygen atoms in total. The largest absolute Gasteiger partial charge is 0.488 e. The summed E-state index contributed by atoms with van der Waals surface area (Å²) in [5.41, 5.74) is 2.14. The van der Waals surface area contributed by atoms with Crippen LogP contribution in [0.25, 0.3) is 0 Å². The maximum Gasteiger partial charge on any atom is 0.342 e. The number of aromatic nitrogens is 1. The summed E-state index contributed by atoms with van der Waals surface area (Å²) in [6.07, 6.45) is 0. The van der Waals surface area contributed by atoms with Crippen molar-refractivity contribution in [2.45, 2.75) is 20.5 Å². The quantitative estimate of drug-likeness (QED) is 0.419. The highest BCUT2D eigenvalue weighted by Gasteiger charge is 2.19. The summed E-state index contributed by atoms with van der Waals surface area (Å²) in [6.45, 7) is 4.29. The third kappa shape index (κ3) is 4.53. The Morgan fingerprint density at radius 1 is 1.03 bits per heavy atom. The maximum absolute atomic E-state index is 12.6. The fourth-order valence-corrected chi connectivity index (χ4v) is 3.13. The molecule has 1 aromatic heterocycles. The molecular formula is C23H21NO7. The average molecular weight is 423 g/mol. The van der Waals surface area contributed by atoms with Gasteiger partial charge in [-0.3, -0.25) is 4.79 Å². The van der Waals surface area contributed by atoms with Crippen molar-refractivity contribution in [3.63, 3.8) is 0 Å². The van der Waals surface area contributed by atoms with E-state index in [0.717, 1.165) is 11.3 Å². The number of nitrogens with zero attached hydrogens (tertiary/aromatic N) is 1. The topological polar surface area (TPSA) is 97.1 Å². The lowest BCUT2D eigenvalue weighted by Crippen LogP contribution is -2.17. The van der Waals surface area contributed by atoms with Crippen LogP contribution in [0.3, 0.4) is 0 Å². The fourth-order valence-electron chi connectivity index (χ4n) is 3.13. The Morgan fingerprint density at radius 2 is 1.81 bits per heavy atom. The van der Waals surface area contributed by atoms with Gasteiger partial charge in [0.2, 0.25) is 0 Å². The van der Waals surface area contributed by atoms with Gasteiger partial charge in [-0.15, -0.1) is 0 Å². The van der Waals surface area contributed by atoms with Gasteiger partial charge in [-0.25, -0.2) is 4.79 Å². The lowest BCUT2D eigenvalue weighted by atomic mass is 10.1. The molecule has 0 saturated carbocycles. The Hall–Kier alpha value is -3.81. The molecule has 8 heteroatoms. The highest BCUT2D eigenvalue weighted by molar-refractivity contribution is 6.00. The number of carbonyl (C=O) groups excluding carboxylic acids is 2. The van der Waals surface area contributed by atoms with Gasteiger partial charge in [-0.05, 0) is 44.2 Å². The number of hydrogen-bond acceptors (Lipinski definition) is 8. The van der Waals surface area contributed by atoms with Gasteiger partial charge in [0.15, 0.2) is 23.9 Å². The molecule has 0 aliphatic carbocycles. The van der Waals surface area contributed by atoms with E-state index in [1.807, 2.05) is 6.92 Å². The monoisotopic (exact) mass is 423 g/mol. The van der Waals surface area contributed by atoms with Crippen LogP contribution in [-0.2, 0) is 11.3 Å². The summed E-state index contributed by atoms with van der Waals surface area (Å²) in [5, 5.41) is 3.89. The molecule has 31 heavy (non-hydrogen) atoms. The van der Waals surface area contributed by atoms with E-state index in [9.17, 15) is 9.59 Å². The molecule has 0 spiro atoms. The van der Waals surface area contributed by atoms with Gasteiger partial charge >= 0.3 is 5.97 Å². The number of fused-ring (bicyclic) bond motifs is 1. The standard InChI is InChI=1S/C23H21NO7/c1-14-18(15(2)31-24-14)12-29-20-6-4-3-5-17(20)23(26)30-13-19(25)16-7-8-21-22(11-16)28-10-9-27-21/h3-8,11H,9-10,12-13H2,1-2H3. The van der Waals surface area contributed by atoms with Gasteiger partial charge in [0.05, 0.1) is 11.3 Å². The molecule has 2 aromatic carbocycles. The molecule has 1 aliphatic rings. The molecule has 0 amide bonds. The molecule has 0 atom stereocenters. The van der Waals surface area contributed by atoms with Crippen molar-refractivity contribution in [3.05, 3.63) is 70.6 Å². The van der Waals surface area contributed by atoms with Gasteiger partial charge in [0.1, 0.15) is 36.9 Å². The number of para-hydroxylation sites is 1. The van der Waals surface area contributed by atoms with Crippen LogP contribution in [0.5, 0.6) is 17.2 Å². The number of hydrogen-bond donors (Lipinski definition) is 0. The minimum absolute atomic E-state index is 0.196. The van der Waals surface area contributed by atoms with E-state index in [1.54, 1.807) is 49.4 Å². The maximum atomic E-state index is 12.6. The van der Waals surface area contributed by atoms with E-state index in [4.69, 9.17) is 23.5 Å². The van der Waals surface area contributed by atoms with Crippen molar-refractivity contribution in [3.8, 4) is 17.2 Å². The first-order valence-corrected chi connectivity index (χ1v) is 9.76. The number of esters is 1. The van der Waals surface area contributed by atoms with E-state index in [-0.39, 0.29) is 18.0 Å². The highest BCUT2D eigenvalue weighted by atomic mass is 16.6. The number of rotatable bonds is 7. The number of ketones is 1. The molecule has 0 radical (unpaired) electrons. The van der Waals surface area contributed by atoms with Crippen molar-refractivity contribution in [2.75, 3.05) is 19.8 Å². The molecule has 1 aliphatic heterocycles. The summed E-state index contributed by atoms with van der Waals surface area (Å²) < 4.78 is 27.1. The fraction of sp³-hybridized carbons (Fsp3) is 0.261. The lowest BCUT2D eigenvalue weighted by molar-refractivity contribution is 0.0470. The predicted molar refractivity (Wildman–Crippen MR) is 109 cm³/mol. The molecule has 2 heterocycles. The second-order valence-corrected chi connectivity index (χ2v) is 6.95. The van der Waals surface area contributed by atoms with Gasteiger partial charge in [-0.1, -0.05) is 17.3 Å². The highest BCUT2D eigenvalue weighted by Crippen LogP contribution is 2.31. The molecule has 3 aromatic rings. The van der Waals surface area contributed by atoms with Crippen LogP contribution in [0.1, 0.15) is 37.7 Å². The Balaban J connectivity index is 1.40. The first kappa shape index (κ1) is 20.5. The van der Waals surface area contributed by atoms with E-state index in [1.165, 1.54) is 0 Å². The van der Waals surface area contributed by atoms with Crippen LogP contribution in [0.15, 0.2) is 47.0 Å². The zero-order valence-corrected chi connectivity index (χ0v) is 17.2. The Labute approximate surface area is 178 Å². The second kappa shape index (κ2) is 8.91. The first-order valence-electron chi connectivity index (χ1n) is 9.76. The van der Waals surface area contributed by atoms with Gasteiger partial charge in [-0.2, -0.15) is 0 Å². The second-order valence-electron chi connectivity index (χ2n) is 6.95. The number of aryl methyl sites for hydroxylation is 2. The third-order valence-electron chi connectivity index (χ3n) is 4.86. The van der Waals surface area contributed by atoms with Gasteiger partial charge in [0.25, 0.3) is 0 Å². The number of benzene rings is 2. The summed E-state index contributed by atoms with van der Waals surface area (Å²) in [4.78, 5) is 25.1. The van der Waals surface area contributed by atoms with Crippen LogP contribution in [0.2, 0.25) is 0 Å². The third-order valence-corrected chi connectivity index (χ3v) is 4.86. The normalized spacial score (nSPS) is 12.3. The van der Waals surface area contributed by atoms with E-state index in [2.05, 4.69) is 5.16 Å². The minimum Gasteiger partial charge on any atom is -0.488 e. The predicted octanol–water partition coefficient (Wildman–Crippen LogP) is 3.68. The van der Waals surface area contributed by atoms with E-state index < -0.39 is 12.6 Å². The van der Waals surface area contributed by atoms with Crippen molar-refractivity contribution in [1.29, 1.82) is 0 Å². The Kier molecular flexibility index (Phi) is 5.88. The van der Waals surface area contributed by atoms with Gasteiger partial charge < -0.3 is 23.5 Å². The number of Topliss-reactive ketones (excluding diaryl/α,β-unsaturated/α-hetero) is 1. The average Bonchev–Trinajstić information content (AvgIpc) is 3.12. The van der Waals surface area contributed by atoms with Crippen LogP contribution in [0, 0.1) is 13.8 Å². The van der Waals surface area contributed by atoms with Crippen LogP contribution in [0.4, 0.5) is 0 Å². The van der Waals surface area contributed by atoms with E-state index in [0.29, 0.717) is 41.8 Å². The summed E-state index contributed by atoms with van der Waals surface area (Å²) in [5.74, 6) is 1.09. The number of ether oxygens (including phenoxy) is 4. The molecule has 160 valence electrons.